The van der Waals surface area contributed by atoms with Crippen LogP contribution >= 0.6 is 11.9 Å². The molecular formula is C22H23N5S. The van der Waals surface area contributed by atoms with Crippen molar-refractivity contribution in [2.45, 2.75) is 30.8 Å². The highest BCUT2D eigenvalue weighted by atomic mass is 32.2. The molecule has 28 heavy (non-hydrogen) atoms. The monoisotopic (exact) mass is 389 g/mol. The number of benzene rings is 2. The van der Waals surface area contributed by atoms with Crippen molar-refractivity contribution in [2.24, 2.45) is 5.92 Å². The number of nitrogens with one attached hydrogen (secondary N) is 2. The molecule has 6 heteroatoms. The van der Waals surface area contributed by atoms with Crippen molar-refractivity contribution in [3.63, 3.8) is 0 Å². The van der Waals surface area contributed by atoms with E-state index in [1.54, 1.807) is 11.9 Å². The van der Waals surface area contributed by atoms with Gasteiger partial charge in [-0.3, -0.25) is 4.72 Å². The molecule has 1 aromatic heterocycles. The van der Waals surface area contributed by atoms with Crippen molar-refractivity contribution in [3.8, 4) is 0 Å². The zero-order valence-corrected chi connectivity index (χ0v) is 16.5. The van der Waals surface area contributed by atoms with E-state index in [9.17, 15) is 0 Å². The number of hydrogen-bond donors (Lipinski definition) is 2. The molecule has 1 fully saturated rings. The van der Waals surface area contributed by atoms with Crippen LogP contribution < -0.4 is 14.9 Å². The van der Waals surface area contributed by atoms with Gasteiger partial charge in [-0.05, 0) is 72.2 Å². The molecule has 2 N–H and O–H groups in total. The topological polar surface area (TPSA) is 53.1 Å². The zero-order chi connectivity index (χ0) is 18.8. The Morgan fingerprint density at radius 1 is 0.964 bits per heavy atom. The van der Waals surface area contributed by atoms with Crippen LogP contribution in [0.1, 0.15) is 24.0 Å². The normalized spacial score (nSPS) is 15.5. The third-order valence-corrected chi connectivity index (χ3v) is 5.99. The summed E-state index contributed by atoms with van der Waals surface area (Å²) in [4.78, 5) is 12.6. The van der Waals surface area contributed by atoms with E-state index in [1.807, 2.05) is 12.3 Å². The summed E-state index contributed by atoms with van der Waals surface area (Å²) in [6.07, 6.45) is 4.57. The molecule has 2 aliphatic rings. The predicted molar refractivity (Wildman–Crippen MR) is 115 cm³/mol. The number of fused-ring (bicyclic) bond motifs is 1. The molecule has 0 saturated heterocycles. The maximum Gasteiger partial charge on any atom is 0.229 e. The molecule has 0 radical (unpaired) electrons. The van der Waals surface area contributed by atoms with Gasteiger partial charge in [-0.25, -0.2) is 4.98 Å². The van der Waals surface area contributed by atoms with Crippen LogP contribution in [0.2, 0.25) is 0 Å². The summed E-state index contributed by atoms with van der Waals surface area (Å²) >= 11 is 1.70. The van der Waals surface area contributed by atoms with Crippen molar-refractivity contribution >= 4 is 29.4 Å². The quantitative estimate of drug-likeness (QED) is 0.569. The van der Waals surface area contributed by atoms with Crippen LogP contribution in [0, 0.1) is 5.92 Å². The van der Waals surface area contributed by atoms with Gasteiger partial charge in [0.05, 0.1) is 0 Å². The van der Waals surface area contributed by atoms with Crippen molar-refractivity contribution in [2.75, 3.05) is 16.8 Å². The standard InChI is InChI=1S/C22H23N5S/c1-2-4-18-15-27(14-17(18)3-1)21-11-12-23-22(26-21)25-19-7-9-20(10-8-19)28-24-13-16-5-6-16/h1-4,7-12,16,24H,5-6,13-15H2,(H,23,25,26). The summed E-state index contributed by atoms with van der Waals surface area (Å²) in [6, 6.07) is 18.9. The molecule has 0 unspecified atom stereocenters. The molecule has 142 valence electrons. The largest absolute Gasteiger partial charge is 0.348 e. The van der Waals surface area contributed by atoms with Crippen LogP contribution in [-0.2, 0) is 13.1 Å². The lowest BCUT2D eigenvalue weighted by atomic mass is 10.1. The van der Waals surface area contributed by atoms with Crippen LogP contribution in [0.15, 0.2) is 65.7 Å². The van der Waals surface area contributed by atoms with Gasteiger partial charge in [0.25, 0.3) is 0 Å². The predicted octanol–water partition coefficient (Wildman–Crippen LogP) is 4.75. The number of hydrogen-bond acceptors (Lipinski definition) is 6. The van der Waals surface area contributed by atoms with Gasteiger partial charge >= 0.3 is 0 Å². The molecule has 1 saturated carbocycles. The summed E-state index contributed by atoms with van der Waals surface area (Å²) in [7, 11) is 0. The van der Waals surface area contributed by atoms with Gasteiger partial charge in [0.1, 0.15) is 5.82 Å². The van der Waals surface area contributed by atoms with Gasteiger partial charge < -0.3 is 10.2 Å². The number of aromatic nitrogens is 2. The summed E-state index contributed by atoms with van der Waals surface area (Å²) in [5.74, 6) is 2.46. The third kappa shape index (κ3) is 4.13. The van der Waals surface area contributed by atoms with E-state index in [0.717, 1.165) is 37.1 Å². The van der Waals surface area contributed by atoms with E-state index in [2.05, 4.69) is 68.5 Å². The Morgan fingerprint density at radius 3 is 2.43 bits per heavy atom. The maximum atomic E-state index is 4.72. The highest BCUT2D eigenvalue weighted by Gasteiger charge is 2.21. The molecule has 2 heterocycles. The van der Waals surface area contributed by atoms with Gasteiger partial charge in [0.15, 0.2) is 0 Å². The summed E-state index contributed by atoms with van der Waals surface area (Å²) < 4.78 is 3.45. The van der Waals surface area contributed by atoms with Crippen LogP contribution in [0.25, 0.3) is 0 Å². The lowest BCUT2D eigenvalue weighted by molar-refractivity contribution is 0.802. The Morgan fingerprint density at radius 2 is 1.71 bits per heavy atom. The van der Waals surface area contributed by atoms with Crippen molar-refractivity contribution in [1.29, 1.82) is 0 Å². The third-order valence-electron chi connectivity index (χ3n) is 5.18. The summed E-state index contributed by atoms with van der Waals surface area (Å²) in [5.41, 5.74) is 3.74. The van der Waals surface area contributed by atoms with Gasteiger partial charge in [0.2, 0.25) is 5.95 Å². The Hall–Kier alpha value is -2.57. The molecule has 0 atom stereocenters. The number of nitrogens with zero attached hydrogens (tertiary/aromatic N) is 3. The van der Waals surface area contributed by atoms with Gasteiger partial charge in [0, 0.05) is 36.4 Å². The maximum absolute atomic E-state index is 4.72. The highest BCUT2D eigenvalue weighted by Crippen LogP contribution is 2.29. The molecule has 2 aromatic carbocycles. The first kappa shape index (κ1) is 17.5. The summed E-state index contributed by atoms with van der Waals surface area (Å²) in [6.45, 7) is 2.89. The van der Waals surface area contributed by atoms with E-state index in [0.29, 0.717) is 5.95 Å². The van der Waals surface area contributed by atoms with Gasteiger partial charge in [-0.2, -0.15) is 4.98 Å². The minimum absolute atomic E-state index is 0.626. The molecule has 1 aliphatic carbocycles. The first-order valence-electron chi connectivity index (χ1n) is 9.75. The SMILES string of the molecule is c1ccc2c(c1)CN(c1ccnc(Nc3ccc(SNCC4CC4)cc3)n1)C2. The highest BCUT2D eigenvalue weighted by molar-refractivity contribution is 7.97. The Bertz CT molecular complexity index is 930. The smallest absolute Gasteiger partial charge is 0.229 e. The van der Waals surface area contributed by atoms with Crippen LogP contribution in [0.5, 0.6) is 0 Å². The van der Waals surface area contributed by atoms with E-state index in [4.69, 9.17) is 4.98 Å². The molecule has 5 rings (SSSR count). The van der Waals surface area contributed by atoms with E-state index >= 15 is 0 Å². The minimum Gasteiger partial charge on any atom is -0.348 e. The molecule has 3 aromatic rings. The van der Waals surface area contributed by atoms with E-state index < -0.39 is 0 Å². The van der Waals surface area contributed by atoms with Gasteiger partial charge in [-0.1, -0.05) is 24.3 Å². The van der Waals surface area contributed by atoms with Crippen molar-refractivity contribution in [1.82, 2.24) is 14.7 Å². The minimum atomic E-state index is 0.626. The lowest BCUT2D eigenvalue weighted by Gasteiger charge is -2.17. The molecular weight excluding hydrogens is 366 g/mol. The lowest BCUT2D eigenvalue weighted by Crippen LogP contribution is -2.16. The zero-order valence-electron chi connectivity index (χ0n) is 15.6. The fourth-order valence-corrected chi connectivity index (χ4v) is 4.14. The molecule has 0 amide bonds. The van der Waals surface area contributed by atoms with Crippen LogP contribution in [0.3, 0.4) is 0 Å². The molecule has 1 aliphatic heterocycles. The number of rotatable bonds is 7. The van der Waals surface area contributed by atoms with Crippen molar-refractivity contribution < 1.29 is 0 Å². The van der Waals surface area contributed by atoms with Crippen molar-refractivity contribution in [3.05, 3.63) is 71.9 Å². The second-order valence-corrected chi connectivity index (χ2v) is 8.37. The average molecular weight is 390 g/mol. The number of anilines is 3. The molecule has 0 spiro atoms. The Balaban J connectivity index is 1.22. The Labute approximate surface area is 169 Å². The first-order chi connectivity index (χ1) is 13.8. The van der Waals surface area contributed by atoms with Crippen LogP contribution in [0.4, 0.5) is 17.5 Å². The molecule has 0 bridgehead atoms. The molecule has 5 nitrogen and oxygen atoms in total. The van der Waals surface area contributed by atoms with E-state index in [1.165, 1.54) is 28.9 Å². The second-order valence-electron chi connectivity index (χ2n) is 7.41. The fraction of sp³-hybridized carbons (Fsp3) is 0.273. The average Bonchev–Trinajstić information content (AvgIpc) is 3.45. The Kier molecular flexibility index (Phi) is 4.89. The van der Waals surface area contributed by atoms with Crippen LogP contribution in [-0.4, -0.2) is 16.5 Å². The summed E-state index contributed by atoms with van der Waals surface area (Å²) in [5, 5.41) is 3.32. The van der Waals surface area contributed by atoms with Gasteiger partial charge in [-0.15, -0.1) is 0 Å². The fourth-order valence-electron chi connectivity index (χ4n) is 3.38. The first-order valence-corrected chi connectivity index (χ1v) is 10.6. The van der Waals surface area contributed by atoms with E-state index in [-0.39, 0.29) is 0 Å². The second kappa shape index (κ2) is 7.81.